The van der Waals surface area contributed by atoms with Gasteiger partial charge in [0.2, 0.25) is 11.8 Å². The van der Waals surface area contributed by atoms with Crippen LogP contribution in [-0.2, 0) is 16.0 Å². The van der Waals surface area contributed by atoms with Crippen molar-refractivity contribution < 1.29 is 14.7 Å². The van der Waals surface area contributed by atoms with Crippen LogP contribution in [0, 0.1) is 11.8 Å². The Morgan fingerprint density at radius 1 is 1.26 bits per heavy atom. The largest absolute Gasteiger partial charge is 0.391 e. The smallest absolute Gasteiger partial charge is 0.227 e. The summed E-state index contributed by atoms with van der Waals surface area (Å²) < 4.78 is 0. The van der Waals surface area contributed by atoms with Crippen LogP contribution in [0.4, 0.5) is 5.69 Å². The highest BCUT2D eigenvalue weighted by Gasteiger charge is 2.29. The fourth-order valence-corrected chi connectivity index (χ4v) is 2.24. The van der Waals surface area contributed by atoms with Crippen LogP contribution in [0.2, 0.25) is 0 Å². The van der Waals surface area contributed by atoms with Crippen molar-refractivity contribution in [2.24, 2.45) is 11.8 Å². The number of benzene rings is 1. The lowest BCUT2D eigenvalue weighted by Crippen LogP contribution is -2.36. The molecule has 126 valence electrons. The Morgan fingerprint density at radius 3 is 2.48 bits per heavy atom. The number of hydrogen-bond acceptors (Lipinski definition) is 3. The molecule has 2 atom stereocenters. The van der Waals surface area contributed by atoms with E-state index in [0.717, 1.165) is 30.5 Å². The minimum atomic E-state index is -0.510. The summed E-state index contributed by atoms with van der Waals surface area (Å²) >= 11 is 0. The van der Waals surface area contributed by atoms with Crippen LogP contribution >= 0.6 is 0 Å². The average molecular weight is 318 g/mol. The first-order valence-corrected chi connectivity index (χ1v) is 8.34. The molecule has 1 aromatic carbocycles. The SMILES string of the molecule is CCC(C)C(O)CNC(=O)Cc1ccc(NC(=O)C2CC2)cc1. The van der Waals surface area contributed by atoms with E-state index in [1.54, 1.807) is 0 Å². The maximum absolute atomic E-state index is 11.9. The third kappa shape index (κ3) is 5.67. The summed E-state index contributed by atoms with van der Waals surface area (Å²) in [7, 11) is 0. The van der Waals surface area contributed by atoms with Crippen molar-refractivity contribution in [2.45, 2.75) is 45.6 Å². The predicted octanol–water partition coefficient (Wildman–Crippen LogP) is 2.10. The molecule has 0 heterocycles. The Kier molecular flexibility index (Phi) is 6.16. The van der Waals surface area contributed by atoms with Crippen LogP contribution in [0.5, 0.6) is 0 Å². The zero-order valence-electron chi connectivity index (χ0n) is 13.8. The molecule has 5 heteroatoms. The van der Waals surface area contributed by atoms with E-state index >= 15 is 0 Å². The zero-order valence-corrected chi connectivity index (χ0v) is 13.8. The van der Waals surface area contributed by atoms with Crippen LogP contribution in [0.3, 0.4) is 0 Å². The normalized spacial score (nSPS) is 16.5. The van der Waals surface area contributed by atoms with Crippen molar-refractivity contribution in [1.82, 2.24) is 5.32 Å². The molecular formula is C18H26N2O3. The van der Waals surface area contributed by atoms with Crippen LogP contribution in [0.25, 0.3) is 0 Å². The number of hydrogen-bond donors (Lipinski definition) is 3. The fraction of sp³-hybridized carbons (Fsp3) is 0.556. The molecular weight excluding hydrogens is 292 g/mol. The van der Waals surface area contributed by atoms with Crippen molar-refractivity contribution >= 4 is 17.5 Å². The number of aliphatic hydroxyl groups is 1. The first-order chi connectivity index (χ1) is 11.0. The number of aliphatic hydroxyl groups excluding tert-OH is 1. The maximum Gasteiger partial charge on any atom is 0.227 e. The molecule has 2 unspecified atom stereocenters. The number of amides is 2. The fourth-order valence-electron chi connectivity index (χ4n) is 2.24. The molecule has 0 aliphatic heterocycles. The first-order valence-electron chi connectivity index (χ1n) is 8.34. The summed E-state index contributed by atoms with van der Waals surface area (Å²) in [5, 5.41) is 15.5. The van der Waals surface area contributed by atoms with Gasteiger partial charge in [-0.3, -0.25) is 9.59 Å². The molecule has 0 spiro atoms. The van der Waals surface area contributed by atoms with E-state index in [9.17, 15) is 14.7 Å². The van der Waals surface area contributed by atoms with Gasteiger partial charge in [0.05, 0.1) is 12.5 Å². The second kappa shape index (κ2) is 8.11. The first kappa shape index (κ1) is 17.5. The number of nitrogens with one attached hydrogen (secondary N) is 2. The van der Waals surface area contributed by atoms with Gasteiger partial charge in [-0.2, -0.15) is 0 Å². The van der Waals surface area contributed by atoms with Gasteiger partial charge in [-0.15, -0.1) is 0 Å². The molecule has 23 heavy (non-hydrogen) atoms. The Morgan fingerprint density at radius 2 is 1.91 bits per heavy atom. The van der Waals surface area contributed by atoms with Crippen molar-refractivity contribution in [3.05, 3.63) is 29.8 Å². The van der Waals surface area contributed by atoms with E-state index in [1.807, 2.05) is 38.1 Å². The third-order valence-corrected chi connectivity index (χ3v) is 4.34. The second-order valence-corrected chi connectivity index (χ2v) is 6.39. The van der Waals surface area contributed by atoms with Crippen molar-refractivity contribution in [3.8, 4) is 0 Å². The number of anilines is 1. The summed E-state index contributed by atoms with van der Waals surface area (Å²) in [5.74, 6) is 0.318. The second-order valence-electron chi connectivity index (χ2n) is 6.39. The quantitative estimate of drug-likeness (QED) is 0.687. The molecule has 2 amide bonds. The van der Waals surface area contributed by atoms with Crippen molar-refractivity contribution in [3.63, 3.8) is 0 Å². The molecule has 1 aliphatic carbocycles. The summed E-state index contributed by atoms with van der Waals surface area (Å²) in [6.07, 6.45) is 2.60. The van der Waals surface area contributed by atoms with E-state index in [0.29, 0.717) is 0 Å². The highest BCUT2D eigenvalue weighted by Crippen LogP contribution is 2.30. The molecule has 0 aromatic heterocycles. The lowest BCUT2D eigenvalue weighted by Gasteiger charge is -2.17. The van der Waals surface area contributed by atoms with Gasteiger partial charge in [-0.1, -0.05) is 32.4 Å². The summed E-state index contributed by atoms with van der Waals surface area (Å²) in [5.41, 5.74) is 1.64. The van der Waals surface area contributed by atoms with Gasteiger partial charge in [0.1, 0.15) is 0 Å². The Labute approximate surface area is 137 Å². The van der Waals surface area contributed by atoms with E-state index in [1.165, 1.54) is 0 Å². The summed E-state index contributed by atoms with van der Waals surface area (Å²) in [4.78, 5) is 23.6. The molecule has 5 nitrogen and oxygen atoms in total. The van der Waals surface area contributed by atoms with Crippen LogP contribution in [-0.4, -0.2) is 29.6 Å². The molecule has 1 saturated carbocycles. The zero-order chi connectivity index (χ0) is 16.8. The summed E-state index contributed by atoms with van der Waals surface area (Å²) in [6.45, 7) is 4.26. The van der Waals surface area contributed by atoms with E-state index in [2.05, 4.69) is 10.6 Å². The Bertz CT molecular complexity index is 538. The van der Waals surface area contributed by atoms with E-state index in [-0.39, 0.29) is 36.6 Å². The summed E-state index contributed by atoms with van der Waals surface area (Å²) in [6, 6.07) is 7.31. The van der Waals surface area contributed by atoms with Crippen molar-refractivity contribution in [2.75, 3.05) is 11.9 Å². The predicted molar refractivity (Wildman–Crippen MR) is 90.0 cm³/mol. The molecule has 1 fully saturated rings. The average Bonchev–Trinajstić information content (AvgIpc) is 3.38. The van der Waals surface area contributed by atoms with Gasteiger partial charge in [0.25, 0.3) is 0 Å². The molecule has 3 N–H and O–H groups in total. The number of rotatable bonds is 8. The highest BCUT2D eigenvalue weighted by atomic mass is 16.3. The lowest BCUT2D eigenvalue weighted by atomic mass is 10.0. The minimum absolute atomic E-state index is 0.0783. The molecule has 0 radical (unpaired) electrons. The topological polar surface area (TPSA) is 78.4 Å². The monoisotopic (exact) mass is 318 g/mol. The molecule has 1 aromatic rings. The Hall–Kier alpha value is -1.88. The molecule has 1 aliphatic rings. The van der Waals surface area contributed by atoms with E-state index in [4.69, 9.17) is 0 Å². The standard InChI is InChI=1S/C18H26N2O3/c1-3-12(2)16(21)11-19-17(22)10-13-4-8-15(9-5-13)20-18(23)14-6-7-14/h4-5,8-9,12,14,16,21H,3,6-7,10-11H2,1-2H3,(H,19,22)(H,20,23). The van der Waals surface area contributed by atoms with Gasteiger partial charge in [0, 0.05) is 18.2 Å². The van der Waals surface area contributed by atoms with Crippen LogP contribution < -0.4 is 10.6 Å². The van der Waals surface area contributed by atoms with Gasteiger partial charge in [-0.25, -0.2) is 0 Å². The molecule has 0 bridgehead atoms. The Balaban J connectivity index is 1.76. The van der Waals surface area contributed by atoms with Gasteiger partial charge < -0.3 is 15.7 Å². The van der Waals surface area contributed by atoms with Crippen LogP contribution in [0.1, 0.15) is 38.7 Å². The van der Waals surface area contributed by atoms with Gasteiger partial charge >= 0.3 is 0 Å². The minimum Gasteiger partial charge on any atom is -0.391 e. The molecule has 0 saturated heterocycles. The van der Waals surface area contributed by atoms with Crippen molar-refractivity contribution in [1.29, 1.82) is 0 Å². The third-order valence-electron chi connectivity index (χ3n) is 4.34. The number of carbonyl (C=O) groups is 2. The van der Waals surface area contributed by atoms with Gasteiger partial charge in [-0.05, 0) is 36.5 Å². The van der Waals surface area contributed by atoms with Crippen LogP contribution in [0.15, 0.2) is 24.3 Å². The molecule has 2 rings (SSSR count). The lowest BCUT2D eigenvalue weighted by molar-refractivity contribution is -0.121. The maximum atomic E-state index is 11.9. The van der Waals surface area contributed by atoms with E-state index < -0.39 is 6.10 Å². The van der Waals surface area contributed by atoms with Gasteiger partial charge in [0.15, 0.2) is 0 Å². The number of carbonyl (C=O) groups excluding carboxylic acids is 2. The highest BCUT2D eigenvalue weighted by molar-refractivity contribution is 5.94.